The third-order valence-corrected chi connectivity index (χ3v) is 4.42. The number of nitrogens with one attached hydrogen (secondary N) is 1. The van der Waals surface area contributed by atoms with Crippen molar-refractivity contribution in [2.45, 2.75) is 33.4 Å². The summed E-state index contributed by atoms with van der Waals surface area (Å²) in [5, 5.41) is 12.1. The molecule has 0 saturated carbocycles. The van der Waals surface area contributed by atoms with Crippen LogP contribution in [0.4, 0.5) is 0 Å². The molecule has 3 heterocycles. The number of carbonyl (C=O) groups is 1. The van der Waals surface area contributed by atoms with E-state index in [1.807, 2.05) is 9.58 Å². The van der Waals surface area contributed by atoms with Gasteiger partial charge >= 0.3 is 0 Å². The number of furan rings is 1. The molecule has 0 aliphatic carbocycles. The molecule has 1 amide bonds. The van der Waals surface area contributed by atoms with Crippen molar-refractivity contribution in [1.82, 2.24) is 25.1 Å². The van der Waals surface area contributed by atoms with Crippen molar-refractivity contribution >= 4 is 5.91 Å². The van der Waals surface area contributed by atoms with Gasteiger partial charge in [-0.05, 0) is 34.9 Å². The molecule has 24 heavy (non-hydrogen) atoms. The largest absolute Gasteiger partial charge is 0.459 e. The fraction of sp³-hybridized carbons (Fsp3) is 0.625. The van der Waals surface area contributed by atoms with Crippen molar-refractivity contribution in [2.24, 2.45) is 5.92 Å². The number of tetrazole rings is 1. The second-order valence-electron chi connectivity index (χ2n) is 6.70. The van der Waals surface area contributed by atoms with E-state index in [0.29, 0.717) is 11.7 Å². The number of quaternary nitrogens is 1. The van der Waals surface area contributed by atoms with Gasteiger partial charge in [0, 0.05) is 6.54 Å². The number of carbonyl (C=O) groups excluding carboxylic acids is 1. The molecule has 0 aromatic carbocycles. The monoisotopic (exact) mass is 333 g/mol. The molecular formula is C16H25N6O2+. The summed E-state index contributed by atoms with van der Waals surface area (Å²) in [4.78, 5) is 15.5. The molecule has 130 valence electrons. The first-order chi connectivity index (χ1) is 11.6. The lowest BCUT2D eigenvalue weighted by atomic mass is 10.1. The zero-order chi connectivity index (χ0) is 16.9. The fourth-order valence-electron chi connectivity index (χ4n) is 2.89. The van der Waals surface area contributed by atoms with Crippen LogP contribution in [0.1, 0.15) is 36.6 Å². The Balaban J connectivity index is 1.51. The Hall–Kier alpha value is -2.22. The van der Waals surface area contributed by atoms with Crippen LogP contribution in [0, 0.1) is 5.92 Å². The second kappa shape index (κ2) is 7.57. The van der Waals surface area contributed by atoms with Gasteiger partial charge in [-0.3, -0.25) is 4.79 Å². The first kappa shape index (κ1) is 16.6. The third kappa shape index (κ3) is 4.00. The van der Waals surface area contributed by atoms with Crippen LogP contribution in [0.25, 0.3) is 0 Å². The van der Waals surface area contributed by atoms with Gasteiger partial charge in [-0.1, -0.05) is 13.8 Å². The highest BCUT2D eigenvalue weighted by molar-refractivity contribution is 5.91. The topological polar surface area (TPSA) is 81.5 Å². The van der Waals surface area contributed by atoms with Gasteiger partial charge in [0.25, 0.3) is 5.91 Å². The lowest BCUT2D eigenvalue weighted by Crippen LogP contribution is -3.13. The molecule has 0 radical (unpaired) electrons. The summed E-state index contributed by atoms with van der Waals surface area (Å²) in [5.74, 6) is 1.94. The van der Waals surface area contributed by atoms with Crippen LogP contribution in [0.3, 0.4) is 0 Å². The molecule has 1 saturated heterocycles. The number of amides is 1. The molecule has 0 unspecified atom stereocenters. The maximum Gasteiger partial charge on any atom is 0.289 e. The first-order valence-corrected chi connectivity index (χ1v) is 8.55. The summed E-state index contributed by atoms with van der Waals surface area (Å²) in [6.45, 7) is 9.29. The molecule has 3 rings (SSSR count). The molecule has 0 spiro atoms. The van der Waals surface area contributed by atoms with Gasteiger partial charge in [-0.15, -0.1) is 5.10 Å². The molecule has 8 nitrogen and oxygen atoms in total. The SMILES string of the molecule is CC(C)CCn1nnnc1C[NH+]1CCN(C(=O)c2ccco2)CC1. The van der Waals surface area contributed by atoms with E-state index in [1.165, 1.54) is 11.2 Å². The minimum Gasteiger partial charge on any atom is -0.459 e. The van der Waals surface area contributed by atoms with Crippen molar-refractivity contribution in [3.05, 3.63) is 30.0 Å². The maximum atomic E-state index is 12.3. The number of nitrogens with zero attached hydrogens (tertiary/aromatic N) is 5. The molecule has 8 heteroatoms. The van der Waals surface area contributed by atoms with Crippen LogP contribution in [-0.2, 0) is 13.1 Å². The highest BCUT2D eigenvalue weighted by atomic mass is 16.3. The van der Waals surface area contributed by atoms with Gasteiger partial charge < -0.3 is 14.2 Å². The number of aryl methyl sites for hydroxylation is 1. The number of rotatable bonds is 6. The van der Waals surface area contributed by atoms with Gasteiger partial charge in [0.1, 0.15) is 6.54 Å². The summed E-state index contributed by atoms with van der Waals surface area (Å²) in [5.41, 5.74) is 0. The molecule has 0 bridgehead atoms. The van der Waals surface area contributed by atoms with Gasteiger partial charge in [0.2, 0.25) is 5.82 Å². The summed E-state index contributed by atoms with van der Waals surface area (Å²) in [6, 6.07) is 3.45. The first-order valence-electron chi connectivity index (χ1n) is 8.55. The minimum atomic E-state index is -0.0270. The molecule has 2 aromatic heterocycles. The Morgan fingerprint density at radius 3 is 2.83 bits per heavy atom. The van der Waals surface area contributed by atoms with E-state index in [9.17, 15) is 4.79 Å². The van der Waals surface area contributed by atoms with E-state index in [0.717, 1.165) is 51.5 Å². The van der Waals surface area contributed by atoms with Gasteiger partial charge in [-0.2, -0.15) is 0 Å². The molecule has 0 atom stereocenters. The van der Waals surface area contributed by atoms with Gasteiger partial charge in [-0.25, -0.2) is 4.68 Å². The smallest absolute Gasteiger partial charge is 0.289 e. The Morgan fingerprint density at radius 1 is 1.38 bits per heavy atom. The van der Waals surface area contributed by atoms with Crippen LogP contribution < -0.4 is 4.90 Å². The predicted molar refractivity (Wildman–Crippen MR) is 86.3 cm³/mol. The van der Waals surface area contributed by atoms with E-state index in [1.54, 1.807) is 12.1 Å². The van der Waals surface area contributed by atoms with Gasteiger partial charge in [0.05, 0.1) is 32.4 Å². The average molecular weight is 333 g/mol. The van der Waals surface area contributed by atoms with Crippen LogP contribution in [0.2, 0.25) is 0 Å². The van der Waals surface area contributed by atoms with E-state index in [-0.39, 0.29) is 5.91 Å². The van der Waals surface area contributed by atoms with E-state index in [4.69, 9.17) is 4.42 Å². The quantitative estimate of drug-likeness (QED) is 0.795. The third-order valence-electron chi connectivity index (χ3n) is 4.42. The van der Waals surface area contributed by atoms with Crippen molar-refractivity contribution in [3.63, 3.8) is 0 Å². The molecule has 2 aromatic rings. The highest BCUT2D eigenvalue weighted by Crippen LogP contribution is 2.06. The lowest BCUT2D eigenvalue weighted by molar-refractivity contribution is -0.918. The number of piperazine rings is 1. The maximum absolute atomic E-state index is 12.3. The van der Waals surface area contributed by atoms with Crippen molar-refractivity contribution in [1.29, 1.82) is 0 Å². The summed E-state index contributed by atoms with van der Waals surface area (Å²) in [6.07, 6.45) is 2.60. The Bertz CT molecular complexity index is 643. The normalized spacial score (nSPS) is 16.0. The lowest BCUT2D eigenvalue weighted by Gasteiger charge is -2.31. The fourth-order valence-corrected chi connectivity index (χ4v) is 2.89. The molecular weight excluding hydrogens is 308 g/mol. The molecule has 1 fully saturated rings. The summed E-state index contributed by atoms with van der Waals surface area (Å²) in [7, 11) is 0. The van der Waals surface area contributed by atoms with E-state index >= 15 is 0 Å². The zero-order valence-corrected chi connectivity index (χ0v) is 14.3. The molecule has 1 N–H and O–H groups in total. The van der Waals surface area contributed by atoms with Crippen molar-refractivity contribution in [3.8, 4) is 0 Å². The van der Waals surface area contributed by atoms with Crippen LogP contribution in [-0.4, -0.2) is 57.2 Å². The Morgan fingerprint density at radius 2 is 2.17 bits per heavy atom. The van der Waals surface area contributed by atoms with E-state index < -0.39 is 0 Å². The Kier molecular flexibility index (Phi) is 5.24. The number of aromatic nitrogens is 4. The Labute approximate surface area is 141 Å². The number of hydrogen-bond donors (Lipinski definition) is 1. The van der Waals surface area contributed by atoms with Gasteiger partial charge in [0.15, 0.2) is 5.76 Å². The molecule has 1 aliphatic rings. The summed E-state index contributed by atoms with van der Waals surface area (Å²) >= 11 is 0. The van der Waals surface area contributed by atoms with Crippen LogP contribution in [0.15, 0.2) is 22.8 Å². The standard InChI is InChI=1S/C16H24N6O2/c1-13(2)5-6-22-15(17-18-19-22)12-20-7-9-21(10-8-20)16(23)14-4-3-11-24-14/h3-4,11,13H,5-10,12H2,1-2H3/p+1. The predicted octanol–water partition coefficient (Wildman–Crippen LogP) is -0.147. The zero-order valence-electron chi connectivity index (χ0n) is 14.3. The average Bonchev–Trinajstić information content (AvgIpc) is 3.25. The van der Waals surface area contributed by atoms with Crippen molar-refractivity contribution in [2.75, 3.05) is 26.2 Å². The van der Waals surface area contributed by atoms with E-state index in [2.05, 4.69) is 29.4 Å². The van der Waals surface area contributed by atoms with Crippen LogP contribution in [0.5, 0.6) is 0 Å². The second-order valence-corrected chi connectivity index (χ2v) is 6.70. The van der Waals surface area contributed by atoms with Crippen molar-refractivity contribution < 1.29 is 14.1 Å². The number of hydrogen-bond acceptors (Lipinski definition) is 5. The highest BCUT2D eigenvalue weighted by Gasteiger charge is 2.27. The minimum absolute atomic E-state index is 0.0270. The summed E-state index contributed by atoms with van der Waals surface area (Å²) < 4.78 is 7.10. The van der Waals surface area contributed by atoms with Crippen LogP contribution >= 0.6 is 0 Å². The molecule has 1 aliphatic heterocycles.